The van der Waals surface area contributed by atoms with Crippen molar-refractivity contribution in [2.24, 2.45) is 0 Å². The first-order valence-electron chi connectivity index (χ1n) is 7.48. The maximum absolute atomic E-state index is 13.0. The molecule has 2 aromatic carbocycles. The molecule has 1 aliphatic rings. The summed E-state index contributed by atoms with van der Waals surface area (Å²) in [5.41, 5.74) is 2.39. The summed E-state index contributed by atoms with van der Waals surface area (Å²) in [4.78, 5) is 23.8. The third-order valence-corrected chi connectivity index (χ3v) is 4.51. The summed E-state index contributed by atoms with van der Waals surface area (Å²) in [6.45, 7) is -0.248. The zero-order valence-corrected chi connectivity index (χ0v) is 12.3. The first-order valence-corrected chi connectivity index (χ1v) is 7.48. The number of hydrogen-bond acceptors (Lipinski definition) is 3. The molecule has 4 rings (SSSR count). The van der Waals surface area contributed by atoms with E-state index in [1.165, 1.54) is 0 Å². The van der Waals surface area contributed by atoms with Crippen LogP contribution in [0.1, 0.15) is 27.9 Å². The predicted molar refractivity (Wildman–Crippen MR) is 86.3 cm³/mol. The van der Waals surface area contributed by atoms with Crippen LogP contribution in [0.4, 0.5) is 0 Å². The topological polar surface area (TPSA) is 65.1 Å². The molecular weight excluding hydrogens is 292 g/mol. The van der Waals surface area contributed by atoms with Crippen molar-refractivity contribution in [1.29, 1.82) is 0 Å². The van der Waals surface area contributed by atoms with Gasteiger partial charge in [-0.2, -0.15) is 0 Å². The molecule has 1 aliphatic heterocycles. The average molecular weight is 306 g/mol. The number of fused-ring (bicyclic) bond motifs is 3. The molecule has 114 valence electrons. The van der Waals surface area contributed by atoms with Gasteiger partial charge in [-0.05, 0) is 17.7 Å². The summed E-state index contributed by atoms with van der Waals surface area (Å²) < 4.78 is 1.65. The van der Waals surface area contributed by atoms with E-state index < -0.39 is 11.8 Å². The molecule has 0 aliphatic carbocycles. The van der Waals surface area contributed by atoms with Gasteiger partial charge in [0, 0.05) is 16.0 Å². The van der Waals surface area contributed by atoms with Crippen molar-refractivity contribution in [1.82, 2.24) is 4.57 Å². The fourth-order valence-corrected chi connectivity index (χ4v) is 3.57. The molecule has 2 atom stereocenters. The molecule has 0 radical (unpaired) electrons. The Morgan fingerprint density at radius 3 is 2.48 bits per heavy atom. The molecule has 0 spiro atoms. The van der Waals surface area contributed by atoms with Gasteiger partial charge >= 0.3 is 0 Å². The highest BCUT2D eigenvalue weighted by atomic mass is 16.6. The molecule has 1 aromatic heterocycles. The number of rotatable bonds is 3. The molecule has 0 bridgehead atoms. The number of hydrogen-bond donors (Lipinski definition) is 0. The van der Waals surface area contributed by atoms with Gasteiger partial charge in [0.15, 0.2) is 0 Å². The Labute approximate surface area is 132 Å². The van der Waals surface area contributed by atoms with E-state index in [1.54, 1.807) is 4.57 Å². The third kappa shape index (κ3) is 2.04. The first-order chi connectivity index (χ1) is 11.2. The molecule has 0 N–H and O–H groups in total. The molecule has 0 amide bonds. The van der Waals surface area contributed by atoms with E-state index in [9.17, 15) is 14.9 Å². The van der Waals surface area contributed by atoms with Gasteiger partial charge in [0.05, 0.1) is 17.4 Å². The van der Waals surface area contributed by atoms with Gasteiger partial charge in [-0.15, -0.1) is 0 Å². The van der Waals surface area contributed by atoms with Crippen molar-refractivity contribution in [3.8, 4) is 0 Å². The molecule has 23 heavy (non-hydrogen) atoms. The Morgan fingerprint density at radius 2 is 1.74 bits per heavy atom. The lowest BCUT2D eigenvalue weighted by Crippen LogP contribution is -2.20. The third-order valence-electron chi connectivity index (χ3n) is 4.51. The highest BCUT2D eigenvalue weighted by Gasteiger charge is 2.44. The molecule has 5 heteroatoms. The average Bonchev–Trinajstić information content (AvgIpc) is 3.04. The van der Waals surface area contributed by atoms with Crippen LogP contribution in [0.25, 0.3) is 10.9 Å². The van der Waals surface area contributed by atoms with Crippen molar-refractivity contribution in [3.05, 3.63) is 82.0 Å². The minimum absolute atomic E-state index is 0.0840. The highest BCUT2D eigenvalue weighted by Crippen LogP contribution is 2.43. The lowest BCUT2D eigenvalue weighted by molar-refractivity contribution is -0.483. The summed E-state index contributed by atoms with van der Waals surface area (Å²) in [6.07, 6.45) is 0. The van der Waals surface area contributed by atoms with Crippen molar-refractivity contribution in [3.63, 3.8) is 0 Å². The van der Waals surface area contributed by atoms with Crippen LogP contribution in [0.3, 0.4) is 0 Å². The van der Waals surface area contributed by atoms with Crippen molar-refractivity contribution < 1.29 is 9.72 Å². The second-order valence-electron chi connectivity index (χ2n) is 5.81. The summed E-state index contributed by atoms with van der Waals surface area (Å²) >= 11 is 0. The van der Waals surface area contributed by atoms with E-state index in [-0.39, 0.29) is 17.4 Å². The molecule has 0 saturated heterocycles. The Morgan fingerprint density at radius 1 is 1.04 bits per heavy atom. The van der Waals surface area contributed by atoms with E-state index in [4.69, 9.17) is 0 Å². The predicted octanol–water partition coefficient (Wildman–Crippen LogP) is 3.44. The number of carbonyl (C=O) groups excluding carboxylic acids is 1. The van der Waals surface area contributed by atoms with E-state index in [2.05, 4.69) is 0 Å². The van der Waals surface area contributed by atoms with Gasteiger partial charge in [0.1, 0.15) is 0 Å². The SMILES string of the molecule is O=C1[C@H](c2ccccc2)[C@@H](C[N+](=O)[O-])c2cc3ccccc3n21. The highest BCUT2D eigenvalue weighted by molar-refractivity contribution is 6.00. The number of carbonyl (C=O) groups is 1. The van der Waals surface area contributed by atoms with Crippen LogP contribution in [-0.2, 0) is 0 Å². The Balaban J connectivity index is 1.91. The zero-order chi connectivity index (χ0) is 16.0. The molecule has 0 saturated carbocycles. The lowest BCUT2D eigenvalue weighted by atomic mass is 9.86. The van der Waals surface area contributed by atoms with Crippen LogP contribution in [0.15, 0.2) is 60.7 Å². The summed E-state index contributed by atoms with van der Waals surface area (Å²) in [5.74, 6) is -1.02. The summed E-state index contributed by atoms with van der Waals surface area (Å²) in [6, 6.07) is 18.8. The van der Waals surface area contributed by atoms with E-state index in [0.29, 0.717) is 0 Å². The zero-order valence-electron chi connectivity index (χ0n) is 12.3. The van der Waals surface area contributed by atoms with Crippen molar-refractivity contribution >= 4 is 16.8 Å². The standard InChI is InChI=1S/C18H14N2O3/c21-18-17(12-6-2-1-3-7-12)14(11-19(22)23)16-10-13-8-4-5-9-15(13)20(16)18/h1-10,14,17H,11H2/t14-,17+/m0/s1. The maximum Gasteiger partial charge on any atom is 0.239 e. The molecule has 3 aromatic rings. The van der Waals surface area contributed by atoms with Gasteiger partial charge in [0.2, 0.25) is 12.5 Å². The molecule has 0 fully saturated rings. The Bertz CT molecular complexity index is 914. The van der Waals surface area contributed by atoms with Gasteiger partial charge in [-0.3, -0.25) is 19.5 Å². The van der Waals surface area contributed by atoms with Gasteiger partial charge < -0.3 is 0 Å². The van der Waals surface area contributed by atoms with Gasteiger partial charge in [-0.25, -0.2) is 0 Å². The minimum atomic E-state index is -0.499. The van der Waals surface area contributed by atoms with E-state index >= 15 is 0 Å². The fraction of sp³-hybridized carbons (Fsp3) is 0.167. The summed E-state index contributed by atoms with van der Waals surface area (Å²) in [7, 11) is 0. The van der Waals surface area contributed by atoms with Crippen molar-refractivity contribution in [2.75, 3.05) is 6.54 Å². The normalized spacial score (nSPS) is 19.9. The molecule has 2 heterocycles. The van der Waals surface area contributed by atoms with Crippen LogP contribution in [-0.4, -0.2) is 21.9 Å². The molecule has 0 unspecified atom stereocenters. The van der Waals surface area contributed by atoms with Crippen LogP contribution < -0.4 is 0 Å². The van der Waals surface area contributed by atoms with Crippen LogP contribution >= 0.6 is 0 Å². The first kappa shape index (κ1) is 13.7. The van der Waals surface area contributed by atoms with Gasteiger partial charge in [0.25, 0.3) is 0 Å². The quantitative estimate of drug-likeness (QED) is 0.550. The number of para-hydroxylation sites is 1. The lowest BCUT2D eigenvalue weighted by Gasteiger charge is -2.14. The second kappa shape index (κ2) is 5.05. The molecule has 5 nitrogen and oxygen atoms in total. The van der Waals surface area contributed by atoms with E-state index in [1.807, 2.05) is 60.7 Å². The smallest absolute Gasteiger partial charge is 0.239 e. The second-order valence-corrected chi connectivity index (χ2v) is 5.81. The number of benzene rings is 2. The number of nitrogens with zero attached hydrogens (tertiary/aromatic N) is 2. The number of nitro groups is 1. The summed E-state index contributed by atoms with van der Waals surface area (Å²) in [5, 5.41) is 12.1. The Kier molecular flexibility index (Phi) is 3.01. The van der Waals surface area contributed by atoms with Crippen LogP contribution in [0.5, 0.6) is 0 Å². The largest absolute Gasteiger partial charge is 0.283 e. The Hall–Kier alpha value is -2.95. The van der Waals surface area contributed by atoms with Crippen molar-refractivity contribution in [2.45, 2.75) is 11.8 Å². The minimum Gasteiger partial charge on any atom is -0.283 e. The molecular formula is C18H14N2O3. The maximum atomic E-state index is 13.0. The monoisotopic (exact) mass is 306 g/mol. The fourth-order valence-electron chi connectivity index (χ4n) is 3.57. The van der Waals surface area contributed by atoms with Gasteiger partial charge in [-0.1, -0.05) is 48.5 Å². The number of aromatic nitrogens is 1. The van der Waals surface area contributed by atoms with E-state index in [0.717, 1.165) is 22.2 Å². The van der Waals surface area contributed by atoms with Crippen LogP contribution in [0.2, 0.25) is 0 Å². The van der Waals surface area contributed by atoms with Crippen LogP contribution in [0, 0.1) is 10.1 Å².